The van der Waals surface area contributed by atoms with Gasteiger partial charge in [-0.1, -0.05) is 12.1 Å². The summed E-state index contributed by atoms with van der Waals surface area (Å²) in [6.45, 7) is 5.10. The number of nitrogens with zero attached hydrogens (tertiary/aromatic N) is 6. The van der Waals surface area contributed by atoms with Gasteiger partial charge in [0.2, 0.25) is 5.95 Å². The van der Waals surface area contributed by atoms with Crippen molar-refractivity contribution in [2.24, 2.45) is 7.05 Å². The molecule has 0 aliphatic rings. The quantitative estimate of drug-likeness (QED) is 0.660. The van der Waals surface area contributed by atoms with Gasteiger partial charge in [0.25, 0.3) is 10.0 Å². The van der Waals surface area contributed by atoms with E-state index in [1.165, 1.54) is 4.68 Å². The molecular weight excluding hydrogens is 384 g/mol. The minimum atomic E-state index is -4.23. The van der Waals surface area contributed by atoms with Crippen molar-refractivity contribution < 1.29 is 13.2 Å². The number of aromatic nitrogens is 6. The number of benzene rings is 1. The van der Waals surface area contributed by atoms with Gasteiger partial charge in [0.15, 0.2) is 5.82 Å². The van der Waals surface area contributed by atoms with Crippen LogP contribution in [0.2, 0.25) is 0 Å². The molecule has 3 aromatic rings. The minimum Gasteiger partial charge on any atom is -0.275 e. The topological polar surface area (TPSA) is 145 Å². The molecule has 2 amide bonds. The van der Waals surface area contributed by atoms with Crippen LogP contribution < -0.4 is 10.0 Å². The van der Waals surface area contributed by atoms with Gasteiger partial charge in [-0.2, -0.15) is 0 Å². The van der Waals surface area contributed by atoms with E-state index in [4.69, 9.17) is 0 Å². The number of rotatable bonds is 4. The number of hydrogen-bond acceptors (Lipinski definition) is 8. The first kappa shape index (κ1) is 19.4. The molecule has 0 saturated heterocycles. The molecule has 0 bridgehead atoms. The van der Waals surface area contributed by atoms with Crippen LogP contribution in [-0.2, 0) is 17.1 Å². The van der Waals surface area contributed by atoms with E-state index in [9.17, 15) is 13.2 Å². The number of carbonyl (C=O) groups excluding carboxylic acids is 1. The summed E-state index contributed by atoms with van der Waals surface area (Å²) in [5.74, 6) is 0.259. The Morgan fingerprint density at radius 1 is 1.11 bits per heavy atom. The van der Waals surface area contributed by atoms with Gasteiger partial charge >= 0.3 is 6.03 Å². The average Bonchev–Trinajstić information content (AvgIpc) is 2.98. The molecule has 28 heavy (non-hydrogen) atoms. The van der Waals surface area contributed by atoms with E-state index in [1.54, 1.807) is 52.1 Å². The van der Waals surface area contributed by atoms with E-state index in [1.807, 2.05) is 4.72 Å². The van der Waals surface area contributed by atoms with E-state index in [-0.39, 0.29) is 22.2 Å². The number of urea groups is 1. The van der Waals surface area contributed by atoms with Crippen molar-refractivity contribution in [3.8, 4) is 11.4 Å². The standard InChI is InChI=1S/C16H18N8O3S/c1-9-6-5-7-12(14-20-22-23-24(14)4)13(9)28(26,27)21-16(25)19-15-17-10(2)8-11(3)18-15/h5-8H,1-4H3,(H2,17,18,19,21,25). The van der Waals surface area contributed by atoms with Crippen molar-refractivity contribution in [1.82, 2.24) is 34.9 Å². The van der Waals surface area contributed by atoms with Gasteiger partial charge < -0.3 is 0 Å². The number of sulfonamides is 1. The molecule has 12 heteroatoms. The molecule has 0 fully saturated rings. The maximum atomic E-state index is 12.9. The molecule has 146 valence electrons. The van der Waals surface area contributed by atoms with E-state index in [0.29, 0.717) is 17.0 Å². The zero-order chi connectivity index (χ0) is 20.5. The van der Waals surface area contributed by atoms with Crippen LogP contribution in [0.15, 0.2) is 29.2 Å². The predicted molar refractivity (Wildman–Crippen MR) is 99.8 cm³/mol. The van der Waals surface area contributed by atoms with E-state index >= 15 is 0 Å². The maximum Gasteiger partial charge on any atom is 0.335 e. The largest absolute Gasteiger partial charge is 0.335 e. The van der Waals surface area contributed by atoms with Crippen molar-refractivity contribution >= 4 is 22.0 Å². The van der Waals surface area contributed by atoms with Crippen LogP contribution >= 0.6 is 0 Å². The SMILES string of the molecule is Cc1cc(C)nc(NC(=O)NS(=O)(=O)c2c(C)cccc2-c2nnnn2C)n1. The van der Waals surface area contributed by atoms with Gasteiger partial charge in [-0.15, -0.1) is 5.10 Å². The van der Waals surface area contributed by atoms with Crippen LogP contribution in [0.1, 0.15) is 17.0 Å². The van der Waals surface area contributed by atoms with Crippen molar-refractivity contribution in [2.45, 2.75) is 25.7 Å². The number of hydrogen-bond donors (Lipinski definition) is 2. The van der Waals surface area contributed by atoms with Crippen LogP contribution in [0.3, 0.4) is 0 Å². The third kappa shape index (κ3) is 3.96. The third-order valence-electron chi connectivity index (χ3n) is 3.78. The van der Waals surface area contributed by atoms with E-state index in [0.717, 1.165) is 0 Å². The van der Waals surface area contributed by atoms with Gasteiger partial charge in [-0.05, 0) is 48.9 Å². The Morgan fingerprint density at radius 3 is 2.39 bits per heavy atom. The summed E-state index contributed by atoms with van der Waals surface area (Å²) in [4.78, 5) is 20.3. The predicted octanol–water partition coefficient (Wildman–Crippen LogP) is 1.10. The summed E-state index contributed by atoms with van der Waals surface area (Å²) in [7, 11) is -2.64. The average molecular weight is 402 g/mol. The summed E-state index contributed by atoms with van der Waals surface area (Å²) >= 11 is 0. The molecule has 0 saturated carbocycles. The van der Waals surface area contributed by atoms with E-state index in [2.05, 4.69) is 30.8 Å². The Bertz CT molecular complexity index is 1140. The summed E-state index contributed by atoms with van der Waals surface area (Å²) in [6.07, 6.45) is 0. The third-order valence-corrected chi connectivity index (χ3v) is 5.31. The van der Waals surface area contributed by atoms with Crippen molar-refractivity contribution in [3.05, 3.63) is 41.2 Å². The molecule has 0 unspecified atom stereocenters. The van der Waals surface area contributed by atoms with Gasteiger partial charge in [0, 0.05) is 24.0 Å². The summed E-state index contributed by atoms with van der Waals surface area (Å²) < 4.78 is 29.2. The zero-order valence-electron chi connectivity index (χ0n) is 15.6. The van der Waals surface area contributed by atoms with Crippen LogP contribution in [0.5, 0.6) is 0 Å². The van der Waals surface area contributed by atoms with Gasteiger partial charge in [0.1, 0.15) is 4.90 Å². The number of aryl methyl sites for hydroxylation is 4. The number of tetrazole rings is 1. The second kappa shape index (κ2) is 7.31. The van der Waals surface area contributed by atoms with Crippen LogP contribution in [0.4, 0.5) is 10.7 Å². The molecule has 0 aliphatic carbocycles. The molecule has 0 aliphatic heterocycles. The number of amides is 2. The highest BCUT2D eigenvalue weighted by Gasteiger charge is 2.26. The fourth-order valence-corrected chi connectivity index (χ4v) is 4.06. The Morgan fingerprint density at radius 2 is 1.79 bits per heavy atom. The molecule has 2 heterocycles. The first-order valence-corrected chi connectivity index (χ1v) is 9.64. The monoisotopic (exact) mass is 402 g/mol. The van der Waals surface area contributed by atoms with Crippen LogP contribution in [0.25, 0.3) is 11.4 Å². The smallest absolute Gasteiger partial charge is 0.275 e. The maximum absolute atomic E-state index is 12.9. The minimum absolute atomic E-state index is 0.00714. The Balaban J connectivity index is 1.93. The van der Waals surface area contributed by atoms with Crippen LogP contribution in [0, 0.1) is 20.8 Å². The van der Waals surface area contributed by atoms with Crippen molar-refractivity contribution in [2.75, 3.05) is 5.32 Å². The molecule has 3 rings (SSSR count). The second-order valence-electron chi connectivity index (χ2n) is 6.11. The highest BCUT2D eigenvalue weighted by molar-refractivity contribution is 7.90. The molecule has 0 radical (unpaired) electrons. The molecule has 2 N–H and O–H groups in total. The second-order valence-corrected chi connectivity index (χ2v) is 7.73. The first-order valence-electron chi connectivity index (χ1n) is 8.16. The summed E-state index contributed by atoms with van der Waals surface area (Å²) in [6, 6.07) is 5.62. The van der Waals surface area contributed by atoms with Crippen molar-refractivity contribution in [3.63, 3.8) is 0 Å². The lowest BCUT2D eigenvalue weighted by atomic mass is 10.1. The van der Waals surface area contributed by atoms with E-state index < -0.39 is 16.1 Å². The van der Waals surface area contributed by atoms with Gasteiger partial charge in [-0.25, -0.2) is 32.6 Å². The normalized spacial score (nSPS) is 11.3. The number of anilines is 1. The lowest BCUT2D eigenvalue weighted by Gasteiger charge is -2.13. The summed E-state index contributed by atoms with van der Waals surface area (Å²) in [5, 5.41) is 13.5. The van der Waals surface area contributed by atoms with Gasteiger partial charge in [0.05, 0.1) is 0 Å². The molecular formula is C16H18N8O3S. The molecule has 1 aromatic carbocycles. The Kier molecular flexibility index (Phi) is 5.05. The highest BCUT2D eigenvalue weighted by atomic mass is 32.2. The molecule has 0 atom stereocenters. The van der Waals surface area contributed by atoms with Crippen molar-refractivity contribution in [1.29, 1.82) is 0 Å². The number of carbonyl (C=O) groups is 1. The fraction of sp³-hybridized carbons (Fsp3) is 0.250. The number of nitrogens with one attached hydrogen (secondary N) is 2. The zero-order valence-corrected chi connectivity index (χ0v) is 16.4. The lowest BCUT2D eigenvalue weighted by Crippen LogP contribution is -2.35. The summed E-state index contributed by atoms with van der Waals surface area (Å²) in [5.41, 5.74) is 1.99. The molecule has 0 spiro atoms. The van der Waals surface area contributed by atoms with Gasteiger partial charge in [-0.3, -0.25) is 5.32 Å². The Hall–Kier alpha value is -3.41. The highest BCUT2D eigenvalue weighted by Crippen LogP contribution is 2.27. The lowest BCUT2D eigenvalue weighted by molar-refractivity contribution is 0.256. The first-order chi connectivity index (χ1) is 13.2. The Labute approximate surface area is 161 Å². The van der Waals surface area contributed by atoms with Crippen LogP contribution in [-0.4, -0.2) is 44.6 Å². The molecule has 11 nitrogen and oxygen atoms in total. The fourth-order valence-electron chi connectivity index (χ4n) is 2.72. The molecule has 2 aromatic heterocycles.